The van der Waals surface area contributed by atoms with Crippen molar-refractivity contribution < 1.29 is 18.3 Å². The first-order valence-corrected chi connectivity index (χ1v) is 8.35. The molecule has 134 valence electrons. The molecule has 0 spiro atoms. The number of hydrogen-bond donors (Lipinski definition) is 0. The lowest BCUT2D eigenvalue weighted by atomic mass is 10.2. The zero-order valence-corrected chi connectivity index (χ0v) is 14.7. The van der Waals surface area contributed by atoms with Crippen LogP contribution in [0.15, 0.2) is 53.1 Å². The van der Waals surface area contributed by atoms with Crippen LogP contribution in [0.3, 0.4) is 0 Å². The van der Waals surface area contributed by atoms with Gasteiger partial charge in [-0.3, -0.25) is 9.48 Å². The van der Waals surface area contributed by atoms with Crippen LogP contribution in [-0.4, -0.2) is 15.6 Å². The average Bonchev–Trinajstić information content (AvgIpc) is 3.30. The van der Waals surface area contributed by atoms with Crippen molar-refractivity contribution >= 4 is 23.5 Å². The quantitative estimate of drug-likeness (QED) is 0.442. The van der Waals surface area contributed by atoms with Crippen LogP contribution in [0.5, 0.6) is 5.75 Å². The minimum absolute atomic E-state index is 0.00500. The molecule has 0 aliphatic rings. The second kappa shape index (κ2) is 8.01. The molecular formula is C19H16ClFN2O3. The molecule has 2 aromatic heterocycles. The van der Waals surface area contributed by atoms with Gasteiger partial charge in [0.05, 0.1) is 5.02 Å². The van der Waals surface area contributed by atoms with E-state index in [0.29, 0.717) is 29.5 Å². The van der Waals surface area contributed by atoms with Gasteiger partial charge in [-0.05, 0) is 49.4 Å². The predicted octanol–water partition coefficient (Wildman–Crippen LogP) is 4.76. The maximum Gasteiger partial charge on any atom is 0.206 e. The van der Waals surface area contributed by atoms with E-state index in [1.54, 1.807) is 35.2 Å². The zero-order chi connectivity index (χ0) is 18.5. The number of allylic oxidation sites excluding steroid dienone is 1. The Bertz CT molecular complexity index is 946. The highest BCUT2D eigenvalue weighted by Gasteiger charge is 2.07. The van der Waals surface area contributed by atoms with Crippen LogP contribution < -0.4 is 4.74 Å². The first-order valence-electron chi connectivity index (χ1n) is 7.97. The van der Waals surface area contributed by atoms with Gasteiger partial charge < -0.3 is 9.15 Å². The Morgan fingerprint density at radius 3 is 2.92 bits per heavy atom. The third-order valence-electron chi connectivity index (χ3n) is 3.57. The molecule has 0 amide bonds. The molecule has 0 unspecified atom stereocenters. The smallest absolute Gasteiger partial charge is 0.206 e. The topological polar surface area (TPSA) is 57.3 Å². The highest BCUT2D eigenvalue weighted by atomic mass is 35.5. The zero-order valence-electron chi connectivity index (χ0n) is 14.0. The van der Waals surface area contributed by atoms with E-state index in [0.717, 1.165) is 0 Å². The van der Waals surface area contributed by atoms with Gasteiger partial charge in [0.1, 0.15) is 35.4 Å². The van der Waals surface area contributed by atoms with Crippen molar-refractivity contribution in [2.45, 2.75) is 20.1 Å². The summed E-state index contributed by atoms with van der Waals surface area (Å²) in [4.78, 5) is 12.1. The Kier molecular flexibility index (Phi) is 5.53. The highest BCUT2D eigenvalue weighted by Crippen LogP contribution is 2.22. The number of furan rings is 1. The summed E-state index contributed by atoms with van der Waals surface area (Å²) in [5.74, 6) is 0.814. The van der Waals surface area contributed by atoms with Gasteiger partial charge in [-0.2, -0.15) is 5.10 Å². The number of aromatic nitrogens is 2. The van der Waals surface area contributed by atoms with Crippen LogP contribution in [0.2, 0.25) is 5.02 Å². The Hall–Kier alpha value is -2.86. The number of nitrogens with zero attached hydrogens (tertiary/aromatic N) is 2. The largest absolute Gasteiger partial charge is 0.486 e. The molecular weight excluding hydrogens is 359 g/mol. The second-order valence-corrected chi connectivity index (χ2v) is 5.83. The monoisotopic (exact) mass is 374 g/mol. The molecule has 0 N–H and O–H groups in total. The summed E-state index contributed by atoms with van der Waals surface area (Å²) in [6, 6.07) is 9.25. The predicted molar refractivity (Wildman–Crippen MR) is 95.7 cm³/mol. The number of benzene rings is 1. The Morgan fingerprint density at radius 2 is 2.19 bits per heavy atom. The second-order valence-electron chi connectivity index (χ2n) is 5.42. The van der Waals surface area contributed by atoms with Gasteiger partial charge in [-0.1, -0.05) is 11.6 Å². The van der Waals surface area contributed by atoms with Crippen LogP contribution in [-0.2, 0) is 13.2 Å². The van der Waals surface area contributed by atoms with Crippen LogP contribution in [0, 0.1) is 5.82 Å². The lowest BCUT2D eigenvalue weighted by Gasteiger charge is -2.04. The molecule has 7 heteroatoms. The summed E-state index contributed by atoms with van der Waals surface area (Å²) < 4.78 is 25.9. The number of halogens is 2. The van der Waals surface area contributed by atoms with E-state index in [1.807, 2.05) is 6.92 Å². The van der Waals surface area contributed by atoms with E-state index < -0.39 is 5.82 Å². The summed E-state index contributed by atoms with van der Waals surface area (Å²) in [5, 5.41) is 4.15. The maximum absolute atomic E-state index is 13.1. The van der Waals surface area contributed by atoms with E-state index >= 15 is 0 Å². The summed E-state index contributed by atoms with van der Waals surface area (Å²) in [5.41, 5.74) is 0.381. The lowest BCUT2D eigenvalue weighted by molar-refractivity contribution is 0.104. The maximum atomic E-state index is 13.1. The van der Waals surface area contributed by atoms with Crippen molar-refractivity contribution in [1.82, 2.24) is 9.78 Å². The fourth-order valence-electron chi connectivity index (χ4n) is 2.20. The van der Waals surface area contributed by atoms with Crippen molar-refractivity contribution in [3.05, 3.63) is 76.7 Å². The van der Waals surface area contributed by atoms with Gasteiger partial charge in [0.2, 0.25) is 5.78 Å². The molecule has 0 saturated heterocycles. The molecule has 0 aliphatic heterocycles. The first kappa shape index (κ1) is 17.9. The molecule has 0 aliphatic carbocycles. The molecule has 1 aromatic carbocycles. The number of rotatable bonds is 7. The third-order valence-corrected chi connectivity index (χ3v) is 3.86. The van der Waals surface area contributed by atoms with Crippen molar-refractivity contribution in [1.29, 1.82) is 0 Å². The van der Waals surface area contributed by atoms with Crippen molar-refractivity contribution in [2.75, 3.05) is 0 Å². The van der Waals surface area contributed by atoms with Gasteiger partial charge >= 0.3 is 0 Å². The molecule has 2 heterocycles. The molecule has 0 fully saturated rings. The molecule has 3 aromatic rings. The third kappa shape index (κ3) is 4.40. The van der Waals surface area contributed by atoms with Gasteiger partial charge in [0, 0.05) is 18.8 Å². The number of hydrogen-bond acceptors (Lipinski definition) is 4. The Labute approximate surface area is 154 Å². The molecule has 3 rings (SSSR count). The van der Waals surface area contributed by atoms with E-state index in [4.69, 9.17) is 20.8 Å². The summed E-state index contributed by atoms with van der Waals surface area (Å²) in [7, 11) is 0. The van der Waals surface area contributed by atoms with Crippen LogP contribution in [0.4, 0.5) is 4.39 Å². The SMILES string of the molecule is CCn1ccc(C(=O)/C=C/c2ccc(COc3ccc(F)c(Cl)c3)o2)n1. The molecule has 0 saturated carbocycles. The van der Waals surface area contributed by atoms with Gasteiger partial charge in [0.25, 0.3) is 0 Å². The lowest BCUT2D eigenvalue weighted by Crippen LogP contribution is -1.99. The standard InChI is InChI=1S/C19H16ClFN2O3/c1-2-23-10-9-18(22-23)19(24)8-6-13-3-4-15(26-13)12-25-14-5-7-17(21)16(20)11-14/h3-11H,2,12H2,1H3/b8-6+. The van der Waals surface area contributed by atoms with E-state index in [9.17, 15) is 9.18 Å². The van der Waals surface area contributed by atoms with E-state index in [1.165, 1.54) is 24.3 Å². The number of carbonyl (C=O) groups is 1. The highest BCUT2D eigenvalue weighted by molar-refractivity contribution is 6.30. The fourth-order valence-corrected chi connectivity index (χ4v) is 2.37. The number of aryl methyl sites for hydroxylation is 1. The first-order chi connectivity index (χ1) is 12.5. The number of ketones is 1. The van der Waals surface area contributed by atoms with Crippen LogP contribution in [0.1, 0.15) is 28.9 Å². The van der Waals surface area contributed by atoms with Crippen molar-refractivity contribution in [2.24, 2.45) is 0 Å². The van der Waals surface area contributed by atoms with E-state index in [-0.39, 0.29) is 17.4 Å². The Morgan fingerprint density at radius 1 is 1.35 bits per heavy atom. The van der Waals surface area contributed by atoms with Crippen LogP contribution in [0.25, 0.3) is 6.08 Å². The molecule has 26 heavy (non-hydrogen) atoms. The van der Waals surface area contributed by atoms with Gasteiger partial charge in [-0.15, -0.1) is 0 Å². The van der Waals surface area contributed by atoms with Crippen molar-refractivity contribution in [3.8, 4) is 5.75 Å². The number of carbonyl (C=O) groups excluding carboxylic acids is 1. The molecule has 0 bridgehead atoms. The summed E-state index contributed by atoms with van der Waals surface area (Å²) in [6.07, 6.45) is 4.74. The molecule has 0 radical (unpaired) electrons. The van der Waals surface area contributed by atoms with Crippen molar-refractivity contribution in [3.63, 3.8) is 0 Å². The Balaban J connectivity index is 1.58. The van der Waals surface area contributed by atoms with Gasteiger partial charge in [0.15, 0.2) is 0 Å². The van der Waals surface area contributed by atoms with Crippen LogP contribution >= 0.6 is 11.6 Å². The molecule has 5 nitrogen and oxygen atoms in total. The minimum atomic E-state index is -0.502. The minimum Gasteiger partial charge on any atom is -0.486 e. The van der Waals surface area contributed by atoms with Gasteiger partial charge in [-0.25, -0.2) is 4.39 Å². The summed E-state index contributed by atoms with van der Waals surface area (Å²) in [6.45, 7) is 2.81. The summed E-state index contributed by atoms with van der Waals surface area (Å²) >= 11 is 5.71. The molecule has 0 atom stereocenters. The fraction of sp³-hybridized carbons (Fsp3) is 0.158. The number of ether oxygens (including phenoxy) is 1. The average molecular weight is 375 g/mol. The van der Waals surface area contributed by atoms with E-state index in [2.05, 4.69) is 5.10 Å². The normalized spacial score (nSPS) is 11.2.